The first kappa shape index (κ1) is 55.7. The molecular formula is C74H80S. The van der Waals surface area contributed by atoms with Gasteiger partial charge in [-0.25, -0.2) is 0 Å². The second kappa shape index (κ2) is 26.9. The summed E-state index contributed by atoms with van der Waals surface area (Å²) >= 11 is 1.76. The van der Waals surface area contributed by atoms with Gasteiger partial charge in [0, 0.05) is 19.8 Å². The van der Waals surface area contributed by atoms with Crippen molar-refractivity contribution in [2.24, 2.45) is 5.92 Å². The SMILES string of the molecule is C=C/C(CC)=c1\c(=C)sc2ccccc12.C=Cc1c(C)cc2c(c1C=C)-c1ccc(C)cc1C2(c1ccccc1)c1ccccc1.CC(C)C1=CCCC=C1.Cc1ccc(C2CCCCC2)cc1.Cc1ccccc1. The third-order valence-electron chi connectivity index (χ3n) is 15.1. The Balaban J connectivity index is 0.000000155. The second-order valence-electron chi connectivity index (χ2n) is 20.6. The number of allylic oxidation sites excluding steroid dienone is 5. The maximum absolute atomic E-state index is 4.19. The van der Waals surface area contributed by atoms with Crippen LogP contribution >= 0.6 is 11.3 Å². The smallest absolute Gasteiger partial charge is 0.0713 e. The number of benzene rings is 7. The molecule has 1 heteroatoms. The van der Waals surface area contributed by atoms with Crippen molar-refractivity contribution in [2.45, 2.75) is 111 Å². The largest absolute Gasteiger partial charge is 0.136 e. The van der Waals surface area contributed by atoms with E-state index in [4.69, 9.17) is 0 Å². The minimum absolute atomic E-state index is 0.374. The number of hydrogen-bond donors (Lipinski definition) is 0. The lowest BCUT2D eigenvalue weighted by Crippen LogP contribution is -2.28. The highest BCUT2D eigenvalue weighted by Gasteiger charge is 2.47. The van der Waals surface area contributed by atoms with Gasteiger partial charge in [0.15, 0.2) is 0 Å². The third-order valence-corrected chi connectivity index (χ3v) is 16.1. The topological polar surface area (TPSA) is 0 Å². The van der Waals surface area contributed by atoms with Gasteiger partial charge in [-0.15, -0.1) is 11.3 Å². The number of fused-ring (bicyclic) bond motifs is 4. The Hall–Kier alpha value is -7.06. The molecule has 0 atom stereocenters. The molecule has 0 unspecified atom stereocenters. The Kier molecular flexibility index (Phi) is 20.0. The average molecular weight is 1000 g/mol. The van der Waals surface area contributed by atoms with Crippen LogP contribution in [0, 0.1) is 33.6 Å². The molecule has 0 N–H and O–H groups in total. The predicted octanol–water partition coefficient (Wildman–Crippen LogP) is 20.0. The van der Waals surface area contributed by atoms with Crippen LogP contribution in [-0.2, 0) is 5.41 Å². The Morgan fingerprint density at radius 1 is 0.627 bits per heavy atom. The van der Waals surface area contributed by atoms with E-state index in [0.717, 1.165) is 22.4 Å². The maximum atomic E-state index is 4.19. The van der Waals surface area contributed by atoms with Crippen molar-refractivity contribution in [3.05, 3.63) is 284 Å². The van der Waals surface area contributed by atoms with Gasteiger partial charge in [-0.3, -0.25) is 0 Å². The first-order valence-electron chi connectivity index (χ1n) is 27.4. The van der Waals surface area contributed by atoms with Crippen molar-refractivity contribution in [1.82, 2.24) is 0 Å². The zero-order valence-corrected chi connectivity index (χ0v) is 46.9. The minimum atomic E-state index is -0.374. The summed E-state index contributed by atoms with van der Waals surface area (Å²) in [5.41, 5.74) is 19.3. The van der Waals surface area contributed by atoms with Crippen LogP contribution in [0.25, 0.3) is 45.5 Å². The molecule has 0 saturated heterocycles. The van der Waals surface area contributed by atoms with E-state index in [1.165, 1.54) is 133 Å². The van der Waals surface area contributed by atoms with E-state index in [2.05, 4.69) is 239 Å². The highest BCUT2D eigenvalue weighted by molar-refractivity contribution is 7.17. The zero-order valence-electron chi connectivity index (χ0n) is 46.1. The van der Waals surface area contributed by atoms with Gasteiger partial charge in [0.1, 0.15) is 0 Å². The zero-order chi connectivity index (χ0) is 53.3. The van der Waals surface area contributed by atoms with E-state index in [9.17, 15) is 0 Å². The van der Waals surface area contributed by atoms with Crippen LogP contribution in [0.1, 0.15) is 139 Å². The van der Waals surface area contributed by atoms with E-state index in [1.54, 1.807) is 16.9 Å². The molecule has 1 saturated carbocycles. The molecular weight excluding hydrogens is 921 g/mol. The number of thiophene rings is 1. The first-order valence-corrected chi connectivity index (χ1v) is 28.2. The van der Waals surface area contributed by atoms with Crippen LogP contribution in [0.15, 0.2) is 213 Å². The fraction of sp³-hybridized carbons (Fsp3) is 0.243. The van der Waals surface area contributed by atoms with Gasteiger partial charge in [0.05, 0.1) is 5.41 Å². The summed E-state index contributed by atoms with van der Waals surface area (Å²) in [6.45, 7) is 31.5. The van der Waals surface area contributed by atoms with Crippen LogP contribution in [0.4, 0.5) is 0 Å². The molecule has 7 aromatic carbocycles. The standard InChI is InChI=1S/C31H26.C14H14S.C13H18.C9H14.C7H8/c1-5-25-22(4)20-29-30(26(25)6-2)27-18-17-21(3)19-28(27)31(29,23-13-9-7-10-14-23)24-15-11-8-12-16-24;1-4-11(5-2)14-10(3)15-13-9-7-6-8-12(13)14;1-11-7-9-13(10-8-11)12-5-3-2-4-6-12;1-8(2)9-6-4-3-5-7-9;1-7-5-3-2-4-6-7/h5-20H,1-2H2,3-4H3;4,6-9H,1,3,5H2,2H3;7-10,12H,2-6H2,1H3;4,6-8H,3,5H2,1-2H3;2-6H,1H3/b;14-11-;;;. The monoisotopic (exact) mass is 1000 g/mol. The fourth-order valence-electron chi connectivity index (χ4n) is 11.2. The van der Waals surface area contributed by atoms with E-state index in [-0.39, 0.29) is 5.41 Å². The molecule has 0 amide bonds. The van der Waals surface area contributed by atoms with E-state index in [1.807, 2.05) is 36.4 Å². The lowest BCUT2D eigenvalue weighted by molar-refractivity contribution is 0.443. The summed E-state index contributed by atoms with van der Waals surface area (Å²) in [5, 5.41) is 2.59. The lowest BCUT2D eigenvalue weighted by Gasteiger charge is -2.34. The minimum Gasteiger partial charge on any atom is -0.136 e. The van der Waals surface area contributed by atoms with Crippen molar-refractivity contribution >= 4 is 45.7 Å². The first-order chi connectivity index (χ1) is 36.5. The summed E-state index contributed by atoms with van der Waals surface area (Å²) < 4.78 is 2.46. The third kappa shape index (κ3) is 13.1. The summed E-state index contributed by atoms with van der Waals surface area (Å²) in [6, 6.07) is 58.9. The predicted molar refractivity (Wildman–Crippen MR) is 333 cm³/mol. The molecule has 0 bridgehead atoms. The van der Waals surface area contributed by atoms with Gasteiger partial charge in [-0.2, -0.15) is 0 Å². The number of rotatable bonds is 8. The summed E-state index contributed by atoms with van der Waals surface area (Å²) in [7, 11) is 0. The van der Waals surface area contributed by atoms with E-state index < -0.39 is 0 Å². The normalized spacial score (nSPS) is 14.4. The Morgan fingerprint density at radius 3 is 1.72 bits per heavy atom. The van der Waals surface area contributed by atoms with Crippen molar-refractivity contribution in [3.8, 4) is 11.1 Å². The summed E-state index contributed by atoms with van der Waals surface area (Å²) in [5.74, 6) is 1.57. The molecule has 0 aliphatic heterocycles. The highest BCUT2D eigenvalue weighted by atomic mass is 32.1. The van der Waals surface area contributed by atoms with Crippen LogP contribution < -0.4 is 9.75 Å². The van der Waals surface area contributed by atoms with Crippen molar-refractivity contribution in [3.63, 3.8) is 0 Å². The number of aryl methyl sites for hydroxylation is 4. The molecule has 3 aliphatic carbocycles. The molecule has 1 heterocycles. The average Bonchev–Trinajstić information content (AvgIpc) is 3.93. The maximum Gasteiger partial charge on any atom is 0.0713 e. The van der Waals surface area contributed by atoms with Crippen LogP contribution in [0.2, 0.25) is 0 Å². The van der Waals surface area contributed by atoms with Gasteiger partial charge in [0.2, 0.25) is 0 Å². The Labute approximate surface area is 455 Å². The van der Waals surface area contributed by atoms with Gasteiger partial charge in [-0.05, 0) is 144 Å². The summed E-state index contributed by atoms with van der Waals surface area (Å²) in [6.07, 6.45) is 23.3. The molecule has 11 rings (SSSR count). The van der Waals surface area contributed by atoms with Gasteiger partial charge in [0.25, 0.3) is 0 Å². The van der Waals surface area contributed by atoms with Crippen LogP contribution in [0.3, 0.4) is 0 Å². The van der Waals surface area contributed by atoms with E-state index in [0.29, 0.717) is 5.92 Å². The van der Waals surface area contributed by atoms with Crippen LogP contribution in [-0.4, -0.2) is 0 Å². The second-order valence-corrected chi connectivity index (χ2v) is 21.7. The van der Waals surface area contributed by atoms with Gasteiger partial charge >= 0.3 is 0 Å². The van der Waals surface area contributed by atoms with Gasteiger partial charge in [-0.1, -0.05) is 277 Å². The van der Waals surface area contributed by atoms with Crippen molar-refractivity contribution in [2.75, 3.05) is 0 Å². The summed E-state index contributed by atoms with van der Waals surface area (Å²) in [4.78, 5) is 0. The molecule has 1 aromatic heterocycles. The molecule has 0 nitrogen and oxygen atoms in total. The molecule has 8 aromatic rings. The lowest BCUT2D eigenvalue weighted by atomic mass is 9.67. The molecule has 1 fully saturated rings. The quantitative estimate of drug-likeness (QED) is 0.142. The van der Waals surface area contributed by atoms with Crippen LogP contribution in [0.5, 0.6) is 0 Å². The molecule has 0 radical (unpaired) electrons. The Bertz CT molecular complexity index is 3290. The fourth-order valence-corrected chi connectivity index (χ4v) is 12.2. The number of hydrogen-bond acceptors (Lipinski definition) is 1. The Morgan fingerprint density at radius 2 is 1.20 bits per heavy atom. The molecule has 0 spiro atoms. The van der Waals surface area contributed by atoms with E-state index >= 15 is 0 Å². The molecule has 75 heavy (non-hydrogen) atoms. The molecule has 3 aliphatic rings. The molecule has 382 valence electrons. The highest BCUT2D eigenvalue weighted by Crippen LogP contribution is 2.58. The van der Waals surface area contributed by atoms with Crippen molar-refractivity contribution in [1.29, 1.82) is 0 Å². The van der Waals surface area contributed by atoms with Gasteiger partial charge < -0.3 is 0 Å². The van der Waals surface area contributed by atoms with Crippen molar-refractivity contribution < 1.29 is 0 Å².